The number of thiophene rings is 1. The highest BCUT2D eigenvalue weighted by Gasteiger charge is 2.34. The van der Waals surface area contributed by atoms with Crippen molar-refractivity contribution in [3.05, 3.63) is 40.3 Å². The molecule has 1 N–H and O–H groups in total. The van der Waals surface area contributed by atoms with Gasteiger partial charge in [0.25, 0.3) is 5.91 Å². The SMILES string of the molecule is CCC(C)(C)[C@@H]1CCc2c(sc(NC(=O)c3cnccn3)c2C#N)C1. The average Bonchev–Trinajstić information content (AvgIpc) is 2.98. The third-order valence-corrected chi connectivity index (χ3v) is 6.59. The van der Waals surface area contributed by atoms with Crippen molar-refractivity contribution in [2.45, 2.75) is 46.5 Å². The summed E-state index contributed by atoms with van der Waals surface area (Å²) in [6, 6.07) is 2.29. The van der Waals surface area contributed by atoms with Crippen molar-refractivity contribution in [2.24, 2.45) is 11.3 Å². The van der Waals surface area contributed by atoms with Gasteiger partial charge in [-0.1, -0.05) is 27.2 Å². The number of hydrogen-bond donors (Lipinski definition) is 1. The van der Waals surface area contributed by atoms with Crippen molar-refractivity contribution >= 4 is 22.2 Å². The largest absolute Gasteiger partial charge is 0.311 e. The summed E-state index contributed by atoms with van der Waals surface area (Å²) in [5.74, 6) is 0.285. The molecule has 0 aliphatic heterocycles. The maximum atomic E-state index is 12.3. The second-order valence-electron chi connectivity index (χ2n) is 7.15. The lowest BCUT2D eigenvalue weighted by Gasteiger charge is -2.36. The molecule has 0 saturated heterocycles. The van der Waals surface area contributed by atoms with Crippen LogP contribution in [-0.2, 0) is 12.8 Å². The molecular weight excluding hydrogens is 332 g/mol. The Morgan fingerprint density at radius 2 is 2.28 bits per heavy atom. The average molecular weight is 354 g/mol. The predicted octanol–water partition coefficient (Wildman–Crippen LogP) is 4.20. The van der Waals surface area contributed by atoms with Crippen LogP contribution in [0.4, 0.5) is 5.00 Å². The Balaban J connectivity index is 1.86. The number of aromatic nitrogens is 2. The highest BCUT2D eigenvalue weighted by atomic mass is 32.1. The number of nitriles is 1. The summed E-state index contributed by atoms with van der Waals surface area (Å²) in [6.07, 6.45) is 8.56. The summed E-state index contributed by atoms with van der Waals surface area (Å²) in [5.41, 5.74) is 2.27. The number of carbonyl (C=O) groups excluding carboxylic acids is 1. The van der Waals surface area contributed by atoms with E-state index in [0.717, 1.165) is 31.2 Å². The van der Waals surface area contributed by atoms with Gasteiger partial charge in [-0.2, -0.15) is 5.26 Å². The van der Waals surface area contributed by atoms with Crippen LogP contribution in [-0.4, -0.2) is 15.9 Å². The third-order valence-electron chi connectivity index (χ3n) is 5.42. The van der Waals surface area contributed by atoms with Crippen LogP contribution >= 0.6 is 11.3 Å². The van der Waals surface area contributed by atoms with Crippen LogP contribution in [0.1, 0.15) is 60.1 Å². The molecule has 0 saturated carbocycles. The van der Waals surface area contributed by atoms with E-state index < -0.39 is 0 Å². The number of nitrogens with one attached hydrogen (secondary N) is 1. The fourth-order valence-corrected chi connectivity index (χ4v) is 4.60. The van der Waals surface area contributed by atoms with E-state index >= 15 is 0 Å². The molecule has 6 heteroatoms. The second kappa shape index (κ2) is 6.93. The number of anilines is 1. The predicted molar refractivity (Wildman–Crippen MR) is 98.6 cm³/mol. The Labute approximate surface area is 152 Å². The van der Waals surface area contributed by atoms with Gasteiger partial charge in [0, 0.05) is 17.3 Å². The first-order valence-electron chi connectivity index (χ1n) is 8.58. The minimum absolute atomic E-state index is 0.253. The summed E-state index contributed by atoms with van der Waals surface area (Å²) in [5, 5.41) is 13.1. The molecular formula is C19H22N4OS. The van der Waals surface area contributed by atoms with E-state index in [1.807, 2.05) is 0 Å². The number of nitrogens with zero attached hydrogens (tertiary/aromatic N) is 3. The standard InChI is InChI=1S/C19H22N4OS/c1-4-19(2,3)12-5-6-13-14(10-20)18(25-16(13)9-12)23-17(24)15-11-21-7-8-22-15/h7-8,11-12H,4-6,9H2,1-3H3,(H,23,24)/t12-/m1/s1. The first-order chi connectivity index (χ1) is 12.0. The van der Waals surface area contributed by atoms with E-state index in [2.05, 4.69) is 42.1 Å². The van der Waals surface area contributed by atoms with E-state index in [1.165, 1.54) is 34.8 Å². The molecule has 0 fully saturated rings. The topological polar surface area (TPSA) is 78.7 Å². The third kappa shape index (κ3) is 3.42. The van der Waals surface area contributed by atoms with Gasteiger partial charge in [-0.3, -0.25) is 9.78 Å². The highest BCUT2D eigenvalue weighted by Crippen LogP contribution is 2.45. The van der Waals surface area contributed by atoms with Crippen molar-refractivity contribution in [1.29, 1.82) is 5.26 Å². The van der Waals surface area contributed by atoms with Gasteiger partial charge < -0.3 is 5.32 Å². The molecule has 2 aromatic rings. The number of fused-ring (bicyclic) bond motifs is 1. The van der Waals surface area contributed by atoms with Crippen LogP contribution in [0.25, 0.3) is 0 Å². The maximum Gasteiger partial charge on any atom is 0.276 e. The number of rotatable bonds is 4. The Morgan fingerprint density at radius 3 is 2.92 bits per heavy atom. The lowest BCUT2D eigenvalue weighted by molar-refractivity contribution is 0.102. The minimum Gasteiger partial charge on any atom is -0.311 e. The Bertz CT molecular complexity index is 820. The van der Waals surface area contributed by atoms with Gasteiger partial charge >= 0.3 is 0 Å². The molecule has 5 nitrogen and oxygen atoms in total. The minimum atomic E-state index is -0.325. The van der Waals surface area contributed by atoms with Crippen molar-refractivity contribution in [3.8, 4) is 6.07 Å². The van der Waals surface area contributed by atoms with Crippen LogP contribution in [0, 0.1) is 22.7 Å². The van der Waals surface area contributed by atoms with E-state index in [4.69, 9.17) is 0 Å². The van der Waals surface area contributed by atoms with Gasteiger partial charge in [-0.05, 0) is 36.2 Å². The molecule has 0 radical (unpaired) electrons. The highest BCUT2D eigenvalue weighted by molar-refractivity contribution is 7.16. The number of hydrogen-bond acceptors (Lipinski definition) is 5. The van der Waals surface area contributed by atoms with Gasteiger partial charge in [0.15, 0.2) is 0 Å². The lowest BCUT2D eigenvalue weighted by Crippen LogP contribution is -2.28. The summed E-state index contributed by atoms with van der Waals surface area (Å²) in [6.45, 7) is 6.87. The van der Waals surface area contributed by atoms with Crippen molar-refractivity contribution < 1.29 is 4.79 Å². The first-order valence-corrected chi connectivity index (χ1v) is 9.40. The molecule has 1 aliphatic rings. The molecule has 3 rings (SSSR count). The smallest absolute Gasteiger partial charge is 0.276 e. The van der Waals surface area contributed by atoms with E-state index in [-0.39, 0.29) is 17.0 Å². The van der Waals surface area contributed by atoms with Crippen molar-refractivity contribution in [2.75, 3.05) is 5.32 Å². The van der Waals surface area contributed by atoms with Crippen LogP contribution in [0.2, 0.25) is 0 Å². The van der Waals surface area contributed by atoms with Crippen LogP contribution in [0.15, 0.2) is 18.6 Å². The molecule has 1 aliphatic carbocycles. The molecule has 1 amide bonds. The molecule has 0 unspecified atom stereocenters. The maximum absolute atomic E-state index is 12.3. The van der Waals surface area contributed by atoms with Crippen molar-refractivity contribution in [1.82, 2.24) is 9.97 Å². The zero-order valence-electron chi connectivity index (χ0n) is 14.8. The molecule has 2 heterocycles. The van der Waals surface area contributed by atoms with Crippen LogP contribution in [0.3, 0.4) is 0 Å². The van der Waals surface area contributed by atoms with Crippen LogP contribution < -0.4 is 5.32 Å². The van der Waals surface area contributed by atoms with Gasteiger partial charge in [-0.15, -0.1) is 11.3 Å². The van der Waals surface area contributed by atoms with Crippen molar-refractivity contribution in [3.63, 3.8) is 0 Å². The van der Waals surface area contributed by atoms with E-state index in [0.29, 0.717) is 16.5 Å². The van der Waals surface area contributed by atoms with E-state index in [9.17, 15) is 10.1 Å². The summed E-state index contributed by atoms with van der Waals surface area (Å²) >= 11 is 1.54. The number of amides is 1. The molecule has 0 aromatic carbocycles. The van der Waals surface area contributed by atoms with E-state index in [1.54, 1.807) is 0 Å². The summed E-state index contributed by atoms with van der Waals surface area (Å²) in [4.78, 5) is 21.5. The van der Waals surface area contributed by atoms with Gasteiger partial charge in [0.1, 0.15) is 16.8 Å². The lowest BCUT2D eigenvalue weighted by atomic mass is 9.69. The quantitative estimate of drug-likeness (QED) is 0.892. The molecule has 2 aromatic heterocycles. The van der Waals surface area contributed by atoms with Gasteiger partial charge in [0.2, 0.25) is 0 Å². The second-order valence-corrected chi connectivity index (χ2v) is 8.25. The fourth-order valence-electron chi connectivity index (χ4n) is 3.33. The molecule has 25 heavy (non-hydrogen) atoms. The Kier molecular flexibility index (Phi) is 4.87. The molecule has 1 atom stereocenters. The van der Waals surface area contributed by atoms with Gasteiger partial charge in [0.05, 0.1) is 11.8 Å². The molecule has 130 valence electrons. The van der Waals surface area contributed by atoms with Gasteiger partial charge in [-0.25, -0.2) is 4.98 Å². The Hall–Kier alpha value is -2.26. The number of carbonyl (C=O) groups is 1. The zero-order valence-corrected chi connectivity index (χ0v) is 15.6. The molecule has 0 bridgehead atoms. The molecule has 0 spiro atoms. The normalized spacial score (nSPS) is 16.8. The monoisotopic (exact) mass is 354 g/mol. The Morgan fingerprint density at radius 1 is 1.48 bits per heavy atom. The zero-order chi connectivity index (χ0) is 18.0. The van der Waals surface area contributed by atoms with Crippen LogP contribution in [0.5, 0.6) is 0 Å². The first kappa shape index (κ1) is 17.6. The summed E-state index contributed by atoms with van der Waals surface area (Å²) < 4.78 is 0. The fraction of sp³-hybridized carbons (Fsp3) is 0.474. The summed E-state index contributed by atoms with van der Waals surface area (Å²) in [7, 11) is 0.